The van der Waals surface area contributed by atoms with E-state index in [1.165, 1.54) is 6.07 Å². The molecule has 0 aliphatic carbocycles. The minimum atomic E-state index is -0.889. The van der Waals surface area contributed by atoms with Gasteiger partial charge in [-0.15, -0.1) is 0 Å². The van der Waals surface area contributed by atoms with Crippen molar-refractivity contribution < 1.29 is 13.9 Å². The largest absolute Gasteiger partial charge is 0.376 e. The second-order valence-electron chi connectivity index (χ2n) is 5.80. The minimum Gasteiger partial charge on any atom is -0.376 e. The number of hydrogen-bond donors (Lipinski definition) is 1. The van der Waals surface area contributed by atoms with Gasteiger partial charge in [0.1, 0.15) is 5.82 Å². The molecule has 1 heterocycles. The molecule has 1 amide bonds. The van der Waals surface area contributed by atoms with Crippen LogP contribution in [0.5, 0.6) is 0 Å². The van der Waals surface area contributed by atoms with E-state index in [0.29, 0.717) is 12.1 Å². The summed E-state index contributed by atoms with van der Waals surface area (Å²) >= 11 is 0. The summed E-state index contributed by atoms with van der Waals surface area (Å²) in [5.41, 5.74) is -0.470. The normalized spacial score (nSPS) is 19.6. The fraction of sp³-hybridized carbons (Fsp3) is 0.562. The van der Waals surface area contributed by atoms with E-state index in [0.717, 1.165) is 25.9 Å². The maximum absolute atomic E-state index is 13.8. The SMILES string of the molecule is CC(C)(C(=O)NC[C@H]1CCCCO1)c1ccccc1F. The first-order valence-corrected chi connectivity index (χ1v) is 7.16. The zero-order valence-corrected chi connectivity index (χ0v) is 12.1. The smallest absolute Gasteiger partial charge is 0.230 e. The Labute approximate surface area is 119 Å². The van der Waals surface area contributed by atoms with Crippen molar-refractivity contribution in [1.82, 2.24) is 5.32 Å². The van der Waals surface area contributed by atoms with Crippen molar-refractivity contribution in [2.45, 2.75) is 44.6 Å². The zero-order valence-electron chi connectivity index (χ0n) is 12.1. The van der Waals surface area contributed by atoms with Crippen LogP contribution in [-0.4, -0.2) is 25.2 Å². The van der Waals surface area contributed by atoms with E-state index < -0.39 is 5.41 Å². The van der Waals surface area contributed by atoms with E-state index >= 15 is 0 Å². The molecule has 0 unspecified atom stereocenters. The number of carbonyl (C=O) groups excluding carboxylic acids is 1. The van der Waals surface area contributed by atoms with Crippen LogP contribution in [0.25, 0.3) is 0 Å². The Bertz CT molecular complexity index is 467. The third-order valence-electron chi connectivity index (χ3n) is 3.88. The molecule has 2 rings (SSSR count). The van der Waals surface area contributed by atoms with Gasteiger partial charge < -0.3 is 10.1 Å². The maximum Gasteiger partial charge on any atom is 0.230 e. The van der Waals surface area contributed by atoms with Crippen LogP contribution in [0.15, 0.2) is 24.3 Å². The van der Waals surface area contributed by atoms with Crippen LogP contribution in [0.4, 0.5) is 4.39 Å². The summed E-state index contributed by atoms with van der Waals surface area (Å²) in [6, 6.07) is 6.42. The molecule has 0 spiro atoms. The van der Waals surface area contributed by atoms with E-state index in [4.69, 9.17) is 4.74 Å². The molecule has 20 heavy (non-hydrogen) atoms. The fourth-order valence-corrected chi connectivity index (χ4v) is 2.49. The molecule has 1 aliphatic heterocycles. The van der Waals surface area contributed by atoms with Gasteiger partial charge in [0.15, 0.2) is 0 Å². The molecule has 4 heteroatoms. The van der Waals surface area contributed by atoms with Crippen molar-refractivity contribution >= 4 is 5.91 Å². The highest BCUT2D eigenvalue weighted by molar-refractivity contribution is 5.87. The standard InChI is InChI=1S/C16H22FNO2/c1-16(2,13-8-3-4-9-14(13)17)15(19)18-11-12-7-5-6-10-20-12/h3-4,8-9,12H,5-7,10-11H2,1-2H3,(H,18,19)/t12-/m1/s1. The minimum absolute atomic E-state index is 0.0871. The molecule has 0 aromatic heterocycles. The molecule has 0 saturated carbocycles. The maximum atomic E-state index is 13.8. The molecular formula is C16H22FNO2. The lowest BCUT2D eigenvalue weighted by Gasteiger charge is -2.27. The van der Waals surface area contributed by atoms with Crippen LogP contribution in [0, 0.1) is 5.82 Å². The third kappa shape index (κ3) is 3.37. The number of ether oxygens (including phenoxy) is 1. The van der Waals surface area contributed by atoms with Gasteiger partial charge in [-0.25, -0.2) is 4.39 Å². The van der Waals surface area contributed by atoms with Crippen LogP contribution in [0.1, 0.15) is 38.7 Å². The number of nitrogens with one attached hydrogen (secondary N) is 1. The Balaban J connectivity index is 1.98. The van der Waals surface area contributed by atoms with Crippen LogP contribution in [0.3, 0.4) is 0 Å². The number of benzene rings is 1. The average Bonchev–Trinajstić information content (AvgIpc) is 2.46. The number of halogens is 1. The van der Waals surface area contributed by atoms with E-state index in [2.05, 4.69) is 5.32 Å². The first kappa shape index (κ1) is 15.0. The Morgan fingerprint density at radius 1 is 1.40 bits per heavy atom. The van der Waals surface area contributed by atoms with Crippen LogP contribution < -0.4 is 5.32 Å². The van der Waals surface area contributed by atoms with Crippen LogP contribution in [-0.2, 0) is 14.9 Å². The van der Waals surface area contributed by atoms with Gasteiger partial charge >= 0.3 is 0 Å². The summed E-state index contributed by atoms with van der Waals surface area (Å²) < 4.78 is 19.4. The zero-order chi connectivity index (χ0) is 14.6. The van der Waals surface area contributed by atoms with Gasteiger partial charge in [0.2, 0.25) is 5.91 Å². The number of carbonyl (C=O) groups is 1. The second-order valence-corrected chi connectivity index (χ2v) is 5.80. The van der Waals surface area contributed by atoms with E-state index in [1.54, 1.807) is 32.0 Å². The van der Waals surface area contributed by atoms with Gasteiger partial charge in [-0.3, -0.25) is 4.79 Å². The fourth-order valence-electron chi connectivity index (χ4n) is 2.49. The summed E-state index contributed by atoms with van der Waals surface area (Å²) in [6.07, 6.45) is 3.28. The lowest BCUT2D eigenvalue weighted by atomic mass is 9.83. The second kappa shape index (κ2) is 6.35. The third-order valence-corrected chi connectivity index (χ3v) is 3.88. The van der Waals surface area contributed by atoms with Gasteiger partial charge in [0, 0.05) is 18.7 Å². The summed E-state index contributed by atoms with van der Waals surface area (Å²) in [5, 5.41) is 2.89. The monoisotopic (exact) mass is 279 g/mol. The Morgan fingerprint density at radius 2 is 2.15 bits per heavy atom. The average molecular weight is 279 g/mol. The molecule has 1 atom stereocenters. The highest BCUT2D eigenvalue weighted by Gasteiger charge is 2.32. The molecule has 1 aromatic rings. The lowest BCUT2D eigenvalue weighted by molar-refractivity contribution is -0.126. The van der Waals surface area contributed by atoms with Crippen LogP contribution in [0.2, 0.25) is 0 Å². The molecule has 1 aliphatic rings. The van der Waals surface area contributed by atoms with E-state index in [1.807, 2.05) is 0 Å². The van der Waals surface area contributed by atoms with Gasteiger partial charge in [0.25, 0.3) is 0 Å². The van der Waals surface area contributed by atoms with Crippen molar-refractivity contribution in [3.63, 3.8) is 0 Å². The molecule has 1 fully saturated rings. The van der Waals surface area contributed by atoms with Gasteiger partial charge in [0.05, 0.1) is 11.5 Å². The highest BCUT2D eigenvalue weighted by atomic mass is 19.1. The summed E-state index contributed by atoms with van der Waals surface area (Å²) in [7, 11) is 0. The molecule has 0 bridgehead atoms. The molecule has 0 radical (unpaired) electrons. The van der Waals surface area contributed by atoms with Gasteiger partial charge in [-0.1, -0.05) is 18.2 Å². The van der Waals surface area contributed by atoms with Crippen molar-refractivity contribution in [2.24, 2.45) is 0 Å². The molecule has 1 saturated heterocycles. The van der Waals surface area contributed by atoms with E-state index in [9.17, 15) is 9.18 Å². The Hall–Kier alpha value is -1.42. The molecule has 1 N–H and O–H groups in total. The first-order chi connectivity index (χ1) is 9.51. The molecular weight excluding hydrogens is 257 g/mol. The highest BCUT2D eigenvalue weighted by Crippen LogP contribution is 2.26. The van der Waals surface area contributed by atoms with Crippen molar-refractivity contribution in [2.75, 3.05) is 13.2 Å². The lowest BCUT2D eigenvalue weighted by Crippen LogP contribution is -2.44. The first-order valence-electron chi connectivity index (χ1n) is 7.16. The summed E-state index contributed by atoms with van der Waals surface area (Å²) in [6.45, 7) is 4.74. The topological polar surface area (TPSA) is 38.3 Å². The molecule has 3 nitrogen and oxygen atoms in total. The molecule has 110 valence electrons. The summed E-state index contributed by atoms with van der Waals surface area (Å²) in [4.78, 5) is 12.3. The predicted molar refractivity (Wildman–Crippen MR) is 76.0 cm³/mol. The Kier molecular flexibility index (Phi) is 4.76. The van der Waals surface area contributed by atoms with Crippen molar-refractivity contribution in [3.8, 4) is 0 Å². The number of hydrogen-bond acceptors (Lipinski definition) is 2. The van der Waals surface area contributed by atoms with Gasteiger partial charge in [-0.05, 0) is 39.2 Å². The predicted octanol–water partition coefficient (Wildman–Crippen LogP) is 2.79. The van der Waals surface area contributed by atoms with Crippen molar-refractivity contribution in [1.29, 1.82) is 0 Å². The summed E-state index contributed by atoms with van der Waals surface area (Å²) in [5.74, 6) is -0.515. The quantitative estimate of drug-likeness (QED) is 0.920. The molecule has 1 aromatic carbocycles. The van der Waals surface area contributed by atoms with Crippen LogP contribution >= 0.6 is 0 Å². The number of amides is 1. The van der Waals surface area contributed by atoms with Crippen molar-refractivity contribution in [3.05, 3.63) is 35.6 Å². The van der Waals surface area contributed by atoms with E-state index in [-0.39, 0.29) is 17.8 Å². The number of rotatable bonds is 4. The van der Waals surface area contributed by atoms with Gasteiger partial charge in [-0.2, -0.15) is 0 Å². The Morgan fingerprint density at radius 3 is 2.80 bits per heavy atom.